The first-order valence-corrected chi connectivity index (χ1v) is 11.4. The molecule has 2 amide bonds. The predicted octanol–water partition coefficient (Wildman–Crippen LogP) is 3.98. The highest BCUT2D eigenvalue weighted by molar-refractivity contribution is 5.94. The first-order valence-electron chi connectivity index (χ1n) is 11.4. The van der Waals surface area contributed by atoms with E-state index in [4.69, 9.17) is 0 Å². The third-order valence-corrected chi connectivity index (χ3v) is 6.63. The van der Waals surface area contributed by atoms with E-state index in [0.717, 1.165) is 57.5 Å². The molecule has 168 valence electrons. The SMILES string of the molecule is CCCN(C(=O)CC(C)C1CCCNC1)C1CCN(C(=O)c2ccccc2)CC1.Cl. The first-order chi connectivity index (χ1) is 14.1. The van der Waals surface area contributed by atoms with Crippen molar-refractivity contribution in [2.24, 2.45) is 11.8 Å². The van der Waals surface area contributed by atoms with Crippen LogP contribution in [0.25, 0.3) is 0 Å². The molecular weight excluding hydrogens is 398 g/mol. The summed E-state index contributed by atoms with van der Waals surface area (Å²) in [5.41, 5.74) is 0.752. The smallest absolute Gasteiger partial charge is 0.253 e. The first kappa shape index (κ1) is 24.7. The minimum absolute atomic E-state index is 0. The van der Waals surface area contributed by atoms with Crippen LogP contribution in [0.15, 0.2) is 30.3 Å². The summed E-state index contributed by atoms with van der Waals surface area (Å²) in [6, 6.07) is 9.77. The van der Waals surface area contributed by atoms with Gasteiger partial charge >= 0.3 is 0 Å². The number of amides is 2. The number of hydrogen-bond donors (Lipinski definition) is 1. The molecule has 3 rings (SSSR count). The normalized spacial score (nSPS) is 20.9. The molecule has 6 heteroatoms. The summed E-state index contributed by atoms with van der Waals surface area (Å²) in [4.78, 5) is 29.9. The number of piperidine rings is 2. The van der Waals surface area contributed by atoms with Gasteiger partial charge in [-0.1, -0.05) is 32.0 Å². The second-order valence-corrected chi connectivity index (χ2v) is 8.76. The van der Waals surface area contributed by atoms with E-state index in [2.05, 4.69) is 24.1 Å². The third-order valence-electron chi connectivity index (χ3n) is 6.63. The van der Waals surface area contributed by atoms with Gasteiger partial charge in [0.05, 0.1) is 0 Å². The fraction of sp³-hybridized carbons (Fsp3) is 0.667. The topological polar surface area (TPSA) is 52.7 Å². The fourth-order valence-electron chi connectivity index (χ4n) is 4.82. The Bertz CT molecular complexity index is 656. The van der Waals surface area contributed by atoms with E-state index in [9.17, 15) is 9.59 Å². The minimum atomic E-state index is 0. The van der Waals surface area contributed by atoms with Gasteiger partial charge in [0.15, 0.2) is 0 Å². The lowest BCUT2D eigenvalue weighted by Crippen LogP contribution is -2.49. The van der Waals surface area contributed by atoms with Gasteiger partial charge in [0, 0.05) is 37.7 Å². The Morgan fingerprint density at radius 1 is 1.17 bits per heavy atom. The summed E-state index contributed by atoms with van der Waals surface area (Å²) in [6.07, 6.45) is 5.84. The lowest BCUT2D eigenvalue weighted by Gasteiger charge is -2.39. The number of hydrogen-bond acceptors (Lipinski definition) is 3. The van der Waals surface area contributed by atoms with Crippen LogP contribution in [0.3, 0.4) is 0 Å². The van der Waals surface area contributed by atoms with Crippen molar-refractivity contribution in [3.8, 4) is 0 Å². The Kier molecular flexibility index (Phi) is 10.1. The van der Waals surface area contributed by atoms with Gasteiger partial charge in [-0.15, -0.1) is 12.4 Å². The third kappa shape index (κ3) is 6.45. The zero-order valence-electron chi connectivity index (χ0n) is 18.5. The molecule has 1 aromatic carbocycles. The van der Waals surface area contributed by atoms with E-state index in [1.165, 1.54) is 12.8 Å². The molecule has 2 aliphatic rings. The van der Waals surface area contributed by atoms with Gasteiger partial charge in [0.1, 0.15) is 0 Å². The van der Waals surface area contributed by atoms with E-state index >= 15 is 0 Å². The summed E-state index contributed by atoms with van der Waals surface area (Å²) in [5.74, 6) is 1.45. The zero-order chi connectivity index (χ0) is 20.6. The molecule has 2 saturated heterocycles. The van der Waals surface area contributed by atoms with Crippen LogP contribution in [0.2, 0.25) is 0 Å². The second-order valence-electron chi connectivity index (χ2n) is 8.76. The van der Waals surface area contributed by atoms with Crippen molar-refractivity contribution in [3.05, 3.63) is 35.9 Å². The molecule has 30 heavy (non-hydrogen) atoms. The summed E-state index contributed by atoms with van der Waals surface area (Å²) in [7, 11) is 0. The van der Waals surface area contributed by atoms with E-state index in [-0.39, 0.29) is 24.4 Å². The van der Waals surface area contributed by atoms with E-state index in [0.29, 0.717) is 24.2 Å². The highest BCUT2D eigenvalue weighted by atomic mass is 35.5. The molecule has 0 radical (unpaired) electrons. The lowest BCUT2D eigenvalue weighted by atomic mass is 9.85. The van der Waals surface area contributed by atoms with Crippen LogP contribution >= 0.6 is 12.4 Å². The van der Waals surface area contributed by atoms with Gasteiger partial charge in [-0.25, -0.2) is 0 Å². The Balaban J connectivity index is 0.00000320. The molecule has 2 fully saturated rings. The van der Waals surface area contributed by atoms with Gasteiger partial charge < -0.3 is 15.1 Å². The molecule has 2 atom stereocenters. The number of benzene rings is 1. The van der Waals surface area contributed by atoms with Gasteiger partial charge in [-0.3, -0.25) is 9.59 Å². The molecule has 1 N–H and O–H groups in total. The number of nitrogens with one attached hydrogen (secondary N) is 1. The highest BCUT2D eigenvalue weighted by Crippen LogP contribution is 2.25. The van der Waals surface area contributed by atoms with Crippen LogP contribution in [0.1, 0.15) is 62.7 Å². The molecule has 0 spiro atoms. The quantitative estimate of drug-likeness (QED) is 0.704. The largest absolute Gasteiger partial charge is 0.340 e. The second kappa shape index (κ2) is 12.3. The van der Waals surface area contributed by atoms with Crippen molar-refractivity contribution in [1.82, 2.24) is 15.1 Å². The Morgan fingerprint density at radius 2 is 1.87 bits per heavy atom. The molecule has 0 aromatic heterocycles. The monoisotopic (exact) mass is 435 g/mol. The van der Waals surface area contributed by atoms with E-state index in [1.807, 2.05) is 35.2 Å². The van der Waals surface area contributed by atoms with E-state index < -0.39 is 0 Å². The molecule has 5 nitrogen and oxygen atoms in total. The minimum Gasteiger partial charge on any atom is -0.340 e. The lowest BCUT2D eigenvalue weighted by molar-refractivity contribution is -0.135. The molecular formula is C24H38ClN3O2. The maximum absolute atomic E-state index is 13.1. The van der Waals surface area contributed by atoms with Crippen molar-refractivity contribution in [1.29, 1.82) is 0 Å². The number of carbonyl (C=O) groups excluding carboxylic acids is 2. The molecule has 0 bridgehead atoms. The number of carbonyl (C=O) groups is 2. The summed E-state index contributed by atoms with van der Waals surface area (Å²) < 4.78 is 0. The van der Waals surface area contributed by atoms with Crippen molar-refractivity contribution in [3.63, 3.8) is 0 Å². The Morgan fingerprint density at radius 3 is 2.47 bits per heavy atom. The van der Waals surface area contributed by atoms with Gasteiger partial charge in [-0.2, -0.15) is 0 Å². The predicted molar refractivity (Wildman–Crippen MR) is 124 cm³/mol. The Labute approximate surface area is 188 Å². The van der Waals surface area contributed by atoms with Crippen LogP contribution in [0.4, 0.5) is 0 Å². The zero-order valence-corrected chi connectivity index (χ0v) is 19.3. The van der Waals surface area contributed by atoms with E-state index in [1.54, 1.807) is 0 Å². The summed E-state index contributed by atoms with van der Waals surface area (Å²) in [6.45, 7) is 8.82. The van der Waals surface area contributed by atoms with Crippen molar-refractivity contribution >= 4 is 24.2 Å². The van der Waals surface area contributed by atoms with Crippen LogP contribution in [-0.2, 0) is 4.79 Å². The van der Waals surface area contributed by atoms with Gasteiger partial charge in [0.25, 0.3) is 5.91 Å². The fourth-order valence-corrected chi connectivity index (χ4v) is 4.82. The Hall–Kier alpha value is -1.59. The van der Waals surface area contributed by atoms with Crippen LogP contribution < -0.4 is 5.32 Å². The van der Waals surface area contributed by atoms with Crippen molar-refractivity contribution in [2.45, 2.75) is 58.4 Å². The number of rotatable bonds is 7. The molecule has 0 saturated carbocycles. The summed E-state index contributed by atoms with van der Waals surface area (Å²) in [5, 5.41) is 3.47. The van der Waals surface area contributed by atoms with Gasteiger partial charge in [0.2, 0.25) is 5.91 Å². The molecule has 1 aromatic rings. The van der Waals surface area contributed by atoms with Crippen LogP contribution in [0, 0.1) is 11.8 Å². The standard InChI is InChI=1S/C24H37N3O2.ClH/c1-3-14-27(23(28)17-19(2)21-10-7-13-25-18-21)22-11-15-26(16-12-22)24(29)20-8-5-4-6-9-20;/h4-6,8-9,19,21-22,25H,3,7,10-18H2,1-2H3;1H. The summed E-state index contributed by atoms with van der Waals surface area (Å²) >= 11 is 0. The molecule has 2 heterocycles. The van der Waals surface area contributed by atoms with Crippen LogP contribution in [0.5, 0.6) is 0 Å². The average molecular weight is 436 g/mol. The van der Waals surface area contributed by atoms with Crippen molar-refractivity contribution in [2.75, 3.05) is 32.7 Å². The average Bonchev–Trinajstić information content (AvgIpc) is 2.78. The molecule has 0 aliphatic carbocycles. The van der Waals surface area contributed by atoms with Gasteiger partial charge in [-0.05, 0) is 69.2 Å². The number of likely N-dealkylation sites (tertiary alicyclic amines) is 1. The number of halogens is 1. The maximum atomic E-state index is 13.1. The molecule has 2 aliphatic heterocycles. The maximum Gasteiger partial charge on any atom is 0.253 e. The molecule has 2 unspecified atom stereocenters. The van der Waals surface area contributed by atoms with Crippen molar-refractivity contribution < 1.29 is 9.59 Å². The highest BCUT2D eigenvalue weighted by Gasteiger charge is 2.31. The number of nitrogens with zero attached hydrogens (tertiary/aromatic N) is 2. The van der Waals surface area contributed by atoms with Crippen LogP contribution in [-0.4, -0.2) is 60.4 Å².